The molecular formula is C24H29FN4O2. The first-order chi connectivity index (χ1) is 14.9. The fourth-order valence-corrected chi connectivity index (χ4v) is 4.16. The van der Waals surface area contributed by atoms with Crippen molar-refractivity contribution in [3.8, 4) is 11.3 Å². The van der Waals surface area contributed by atoms with Gasteiger partial charge in [-0.05, 0) is 62.9 Å². The van der Waals surface area contributed by atoms with Gasteiger partial charge in [0, 0.05) is 30.3 Å². The molecule has 0 aliphatic carbocycles. The quantitative estimate of drug-likeness (QED) is 0.578. The summed E-state index contributed by atoms with van der Waals surface area (Å²) >= 11 is 0. The van der Waals surface area contributed by atoms with Crippen LogP contribution in [0.5, 0.6) is 0 Å². The van der Waals surface area contributed by atoms with E-state index in [2.05, 4.69) is 11.9 Å². The van der Waals surface area contributed by atoms with Gasteiger partial charge in [0.2, 0.25) is 5.91 Å². The molecule has 6 nitrogen and oxygen atoms in total. The van der Waals surface area contributed by atoms with Crippen molar-refractivity contribution in [2.24, 2.45) is 0 Å². The van der Waals surface area contributed by atoms with E-state index in [1.165, 1.54) is 6.07 Å². The lowest BCUT2D eigenvalue weighted by Gasteiger charge is -2.30. The molecule has 0 N–H and O–H groups in total. The van der Waals surface area contributed by atoms with Gasteiger partial charge in [0.25, 0.3) is 0 Å². The number of benzene rings is 1. The second kappa shape index (κ2) is 9.04. The van der Waals surface area contributed by atoms with E-state index >= 15 is 0 Å². The van der Waals surface area contributed by atoms with Crippen LogP contribution in [0.1, 0.15) is 55.0 Å². The first-order valence-corrected chi connectivity index (χ1v) is 11.0. The van der Waals surface area contributed by atoms with E-state index in [1.54, 1.807) is 25.3 Å². The van der Waals surface area contributed by atoms with Crippen molar-refractivity contribution in [2.75, 3.05) is 13.1 Å². The van der Waals surface area contributed by atoms with E-state index in [4.69, 9.17) is 9.52 Å². The summed E-state index contributed by atoms with van der Waals surface area (Å²) in [6.07, 6.45) is 5.26. The maximum absolute atomic E-state index is 13.6. The Labute approximate surface area is 182 Å². The van der Waals surface area contributed by atoms with Gasteiger partial charge in [-0.3, -0.25) is 9.48 Å². The van der Waals surface area contributed by atoms with Crippen molar-refractivity contribution in [1.82, 2.24) is 19.7 Å². The number of aryl methyl sites for hydroxylation is 3. The first kappa shape index (κ1) is 21.3. The van der Waals surface area contributed by atoms with Gasteiger partial charge in [-0.15, -0.1) is 0 Å². The monoisotopic (exact) mass is 424 g/mol. The molecule has 0 unspecified atom stereocenters. The number of oxazole rings is 1. The van der Waals surface area contributed by atoms with Crippen LogP contribution >= 0.6 is 0 Å². The minimum absolute atomic E-state index is 0.0734. The maximum atomic E-state index is 13.6. The average Bonchev–Trinajstić information content (AvgIpc) is 3.37. The van der Waals surface area contributed by atoms with E-state index < -0.39 is 0 Å². The highest BCUT2D eigenvalue weighted by Gasteiger charge is 2.27. The standard InChI is InChI=1S/C24H29FN4O2/c1-4-5-20-13-22(19-6-7-21(25)16(2)12-19)27-29(20)15-23(30)28-10-8-18(9-11-28)24-26-14-17(3)31-24/h6-7,12-14,18H,4-5,8-11,15H2,1-3H3. The summed E-state index contributed by atoms with van der Waals surface area (Å²) in [5, 5.41) is 4.69. The minimum atomic E-state index is -0.226. The normalized spacial score (nSPS) is 14.9. The molecule has 0 atom stereocenters. The summed E-state index contributed by atoms with van der Waals surface area (Å²) in [4.78, 5) is 19.2. The molecular weight excluding hydrogens is 395 g/mol. The zero-order valence-corrected chi connectivity index (χ0v) is 18.4. The van der Waals surface area contributed by atoms with Crippen molar-refractivity contribution in [3.63, 3.8) is 0 Å². The van der Waals surface area contributed by atoms with Crippen LogP contribution < -0.4 is 0 Å². The van der Waals surface area contributed by atoms with Crippen molar-refractivity contribution < 1.29 is 13.6 Å². The van der Waals surface area contributed by atoms with Gasteiger partial charge in [-0.2, -0.15) is 5.10 Å². The van der Waals surface area contributed by atoms with E-state index in [0.717, 1.165) is 54.3 Å². The Kier molecular flexibility index (Phi) is 6.20. The van der Waals surface area contributed by atoms with Crippen LogP contribution in [0.2, 0.25) is 0 Å². The molecule has 0 spiro atoms. The number of nitrogens with zero attached hydrogens (tertiary/aromatic N) is 4. The van der Waals surface area contributed by atoms with Crippen LogP contribution in [-0.4, -0.2) is 38.7 Å². The Morgan fingerprint density at radius 2 is 2.00 bits per heavy atom. The van der Waals surface area contributed by atoms with Crippen LogP contribution in [-0.2, 0) is 17.8 Å². The molecule has 1 aromatic carbocycles. The second-order valence-electron chi connectivity index (χ2n) is 8.36. The predicted molar refractivity (Wildman–Crippen MR) is 116 cm³/mol. The molecule has 0 bridgehead atoms. The Balaban J connectivity index is 1.45. The van der Waals surface area contributed by atoms with E-state index in [1.807, 2.05) is 22.6 Å². The molecule has 31 heavy (non-hydrogen) atoms. The lowest BCUT2D eigenvalue weighted by Crippen LogP contribution is -2.40. The molecule has 2 aromatic heterocycles. The number of carbonyl (C=O) groups excluding carboxylic acids is 1. The molecule has 164 valence electrons. The Morgan fingerprint density at radius 3 is 2.65 bits per heavy atom. The number of carbonyl (C=O) groups is 1. The van der Waals surface area contributed by atoms with Gasteiger partial charge in [-0.25, -0.2) is 9.37 Å². The summed E-state index contributed by atoms with van der Waals surface area (Å²) in [6, 6.07) is 7.02. The van der Waals surface area contributed by atoms with Gasteiger partial charge in [-0.1, -0.05) is 13.3 Å². The highest BCUT2D eigenvalue weighted by Crippen LogP contribution is 2.28. The summed E-state index contributed by atoms with van der Waals surface area (Å²) in [6.45, 7) is 7.36. The molecule has 1 fully saturated rings. The van der Waals surface area contributed by atoms with Gasteiger partial charge >= 0.3 is 0 Å². The van der Waals surface area contributed by atoms with E-state index in [9.17, 15) is 9.18 Å². The third-order valence-corrected chi connectivity index (χ3v) is 5.94. The molecule has 0 saturated carbocycles. The van der Waals surface area contributed by atoms with Crippen molar-refractivity contribution >= 4 is 5.91 Å². The van der Waals surface area contributed by atoms with Crippen molar-refractivity contribution in [1.29, 1.82) is 0 Å². The van der Waals surface area contributed by atoms with Crippen LogP contribution in [0.4, 0.5) is 4.39 Å². The number of amides is 1. The third kappa shape index (κ3) is 4.70. The summed E-state index contributed by atoms with van der Waals surface area (Å²) in [5.74, 6) is 1.72. The summed E-state index contributed by atoms with van der Waals surface area (Å²) < 4.78 is 21.1. The lowest BCUT2D eigenvalue weighted by atomic mass is 9.97. The van der Waals surface area contributed by atoms with E-state index in [0.29, 0.717) is 18.7 Å². The molecule has 4 rings (SSSR count). The van der Waals surface area contributed by atoms with E-state index in [-0.39, 0.29) is 24.2 Å². The fraction of sp³-hybridized carbons (Fsp3) is 0.458. The van der Waals surface area contributed by atoms with Crippen LogP contribution in [0.15, 0.2) is 34.9 Å². The Bertz CT molecular complexity index is 1060. The van der Waals surface area contributed by atoms with Gasteiger partial charge in [0.05, 0.1) is 11.9 Å². The second-order valence-corrected chi connectivity index (χ2v) is 8.36. The largest absolute Gasteiger partial charge is 0.446 e. The zero-order chi connectivity index (χ0) is 22.0. The fourth-order valence-electron chi connectivity index (χ4n) is 4.16. The van der Waals surface area contributed by atoms with Gasteiger partial charge in [0.15, 0.2) is 5.89 Å². The molecule has 0 radical (unpaired) electrons. The lowest BCUT2D eigenvalue weighted by molar-refractivity contribution is -0.133. The number of hydrogen-bond donors (Lipinski definition) is 0. The molecule has 3 heterocycles. The average molecular weight is 425 g/mol. The molecule has 1 aliphatic rings. The van der Waals surface area contributed by atoms with Crippen LogP contribution in [0.3, 0.4) is 0 Å². The molecule has 1 saturated heterocycles. The van der Waals surface area contributed by atoms with Gasteiger partial charge in [0.1, 0.15) is 18.1 Å². The highest BCUT2D eigenvalue weighted by molar-refractivity contribution is 5.76. The summed E-state index contributed by atoms with van der Waals surface area (Å²) in [7, 11) is 0. The topological polar surface area (TPSA) is 64.2 Å². The molecule has 1 amide bonds. The first-order valence-electron chi connectivity index (χ1n) is 11.0. The minimum Gasteiger partial charge on any atom is -0.446 e. The number of halogens is 1. The van der Waals surface area contributed by atoms with Crippen LogP contribution in [0.25, 0.3) is 11.3 Å². The molecule has 1 aliphatic heterocycles. The SMILES string of the molecule is CCCc1cc(-c2ccc(F)c(C)c2)nn1CC(=O)N1CCC(c2ncc(C)o2)CC1. The Morgan fingerprint density at radius 1 is 1.23 bits per heavy atom. The number of rotatable bonds is 6. The number of aromatic nitrogens is 3. The highest BCUT2D eigenvalue weighted by atomic mass is 19.1. The maximum Gasteiger partial charge on any atom is 0.244 e. The third-order valence-electron chi connectivity index (χ3n) is 5.94. The van der Waals surface area contributed by atoms with Gasteiger partial charge < -0.3 is 9.32 Å². The zero-order valence-electron chi connectivity index (χ0n) is 18.4. The Hall–Kier alpha value is -2.96. The number of likely N-dealkylation sites (tertiary alicyclic amines) is 1. The number of hydrogen-bond acceptors (Lipinski definition) is 4. The number of piperidine rings is 1. The van der Waals surface area contributed by atoms with Crippen molar-refractivity contribution in [2.45, 2.75) is 58.9 Å². The molecule has 7 heteroatoms. The molecule has 3 aromatic rings. The summed E-state index contributed by atoms with van der Waals surface area (Å²) in [5.41, 5.74) is 3.25. The predicted octanol–water partition coefficient (Wildman–Crippen LogP) is 4.65. The van der Waals surface area contributed by atoms with Crippen LogP contribution in [0, 0.1) is 19.7 Å². The smallest absolute Gasteiger partial charge is 0.244 e. The van der Waals surface area contributed by atoms with Crippen molar-refractivity contribution in [3.05, 3.63) is 59.2 Å².